The van der Waals surface area contributed by atoms with Crippen LogP contribution in [-0.4, -0.2) is 66.5 Å². The Morgan fingerprint density at radius 3 is 2.26 bits per heavy atom. The predicted molar refractivity (Wildman–Crippen MR) is 102 cm³/mol. The van der Waals surface area contributed by atoms with Crippen molar-refractivity contribution in [1.82, 2.24) is 4.90 Å². The predicted octanol–water partition coefficient (Wildman–Crippen LogP) is 2.59. The number of piperidine rings is 1. The summed E-state index contributed by atoms with van der Waals surface area (Å²) in [7, 11) is 0. The van der Waals surface area contributed by atoms with Gasteiger partial charge in [0.25, 0.3) is 0 Å². The van der Waals surface area contributed by atoms with Crippen molar-refractivity contribution in [3.8, 4) is 5.75 Å². The summed E-state index contributed by atoms with van der Waals surface area (Å²) in [4.78, 5) is 20.7. The Balaban J connectivity index is 0.000000527. The zero-order valence-electron chi connectivity index (χ0n) is 16.4. The van der Waals surface area contributed by atoms with Crippen molar-refractivity contribution >= 4 is 11.9 Å². The van der Waals surface area contributed by atoms with E-state index in [4.69, 9.17) is 29.3 Å². The van der Waals surface area contributed by atoms with Crippen LogP contribution in [0, 0.1) is 19.8 Å². The van der Waals surface area contributed by atoms with Crippen molar-refractivity contribution in [1.29, 1.82) is 0 Å². The van der Waals surface area contributed by atoms with Gasteiger partial charge >= 0.3 is 11.9 Å². The third kappa shape index (κ3) is 9.96. The summed E-state index contributed by atoms with van der Waals surface area (Å²) in [5, 5.41) is 14.8. The zero-order valence-corrected chi connectivity index (χ0v) is 16.4. The van der Waals surface area contributed by atoms with E-state index >= 15 is 0 Å². The second-order valence-electron chi connectivity index (χ2n) is 6.86. The van der Waals surface area contributed by atoms with E-state index in [-0.39, 0.29) is 0 Å². The Morgan fingerprint density at radius 1 is 1.07 bits per heavy atom. The molecule has 0 aliphatic carbocycles. The van der Waals surface area contributed by atoms with E-state index in [0.717, 1.165) is 24.8 Å². The lowest BCUT2D eigenvalue weighted by molar-refractivity contribution is -0.159. The highest BCUT2D eigenvalue weighted by atomic mass is 16.5. The van der Waals surface area contributed by atoms with Crippen LogP contribution < -0.4 is 4.74 Å². The molecule has 2 N–H and O–H groups in total. The molecule has 1 saturated heterocycles. The number of carboxylic acid groups (broad SMARTS) is 2. The minimum atomic E-state index is -1.82. The summed E-state index contributed by atoms with van der Waals surface area (Å²) < 4.78 is 11.4. The Labute approximate surface area is 160 Å². The van der Waals surface area contributed by atoms with Gasteiger partial charge in [-0.05, 0) is 57.3 Å². The van der Waals surface area contributed by atoms with Crippen LogP contribution in [0.3, 0.4) is 0 Å². The molecule has 1 aromatic carbocycles. The molecule has 1 aliphatic heterocycles. The summed E-state index contributed by atoms with van der Waals surface area (Å²) in [6, 6.07) is 6.27. The molecule has 1 heterocycles. The van der Waals surface area contributed by atoms with Gasteiger partial charge in [-0.25, -0.2) is 9.59 Å². The molecule has 1 aliphatic rings. The molecule has 0 aromatic heterocycles. The summed E-state index contributed by atoms with van der Waals surface area (Å²) >= 11 is 0. The third-order valence-corrected chi connectivity index (χ3v) is 4.43. The highest BCUT2D eigenvalue weighted by Crippen LogP contribution is 2.18. The average molecular weight is 381 g/mol. The molecule has 0 spiro atoms. The van der Waals surface area contributed by atoms with Crippen molar-refractivity contribution in [3.63, 3.8) is 0 Å². The van der Waals surface area contributed by atoms with Crippen LogP contribution in [0.1, 0.15) is 30.9 Å². The maximum atomic E-state index is 9.10. The van der Waals surface area contributed by atoms with E-state index in [9.17, 15) is 0 Å². The largest absolute Gasteiger partial charge is 0.491 e. The average Bonchev–Trinajstić information content (AvgIpc) is 2.61. The Bertz CT molecular complexity index is 584. The van der Waals surface area contributed by atoms with E-state index in [2.05, 4.69) is 37.8 Å². The number of rotatable bonds is 7. The first-order valence-electron chi connectivity index (χ1n) is 9.26. The fraction of sp³-hybridized carbons (Fsp3) is 0.600. The van der Waals surface area contributed by atoms with Gasteiger partial charge < -0.3 is 24.6 Å². The SMILES string of the molecule is Cc1ccc(OCCOCCN2CCC(C)CC2)c(C)c1.O=C(O)C(=O)O. The maximum Gasteiger partial charge on any atom is 0.414 e. The van der Waals surface area contributed by atoms with Gasteiger partial charge in [-0.15, -0.1) is 0 Å². The molecule has 1 aromatic rings. The molecule has 7 nitrogen and oxygen atoms in total. The Morgan fingerprint density at radius 2 is 1.70 bits per heavy atom. The second-order valence-corrected chi connectivity index (χ2v) is 6.86. The van der Waals surface area contributed by atoms with Crippen LogP contribution in [0.4, 0.5) is 0 Å². The first-order valence-corrected chi connectivity index (χ1v) is 9.26. The molecule has 0 radical (unpaired) electrons. The normalized spacial score (nSPS) is 14.9. The minimum Gasteiger partial charge on any atom is -0.491 e. The third-order valence-electron chi connectivity index (χ3n) is 4.43. The van der Waals surface area contributed by atoms with Gasteiger partial charge in [-0.2, -0.15) is 0 Å². The monoisotopic (exact) mass is 381 g/mol. The van der Waals surface area contributed by atoms with Crippen LogP contribution in [0.5, 0.6) is 5.75 Å². The van der Waals surface area contributed by atoms with Gasteiger partial charge in [0.1, 0.15) is 12.4 Å². The fourth-order valence-corrected chi connectivity index (χ4v) is 2.75. The van der Waals surface area contributed by atoms with Crippen LogP contribution in [0.15, 0.2) is 18.2 Å². The number of hydrogen-bond donors (Lipinski definition) is 2. The molecule has 7 heteroatoms. The van der Waals surface area contributed by atoms with Crippen molar-refractivity contribution in [2.75, 3.05) is 39.5 Å². The van der Waals surface area contributed by atoms with Gasteiger partial charge in [0.15, 0.2) is 0 Å². The highest BCUT2D eigenvalue weighted by Gasteiger charge is 2.14. The number of nitrogens with zero attached hydrogens (tertiary/aromatic N) is 1. The van der Waals surface area contributed by atoms with Gasteiger partial charge in [0.05, 0.1) is 13.2 Å². The molecule has 152 valence electrons. The summed E-state index contributed by atoms with van der Waals surface area (Å²) in [6.45, 7) is 12.1. The topological polar surface area (TPSA) is 96.3 Å². The number of likely N-dealkylation sites (tertiary alicyclic amines) is 1. The molecular formula is C20H31NO6. The fourth-order valence-electron chi connectivity index (χ4n) is 2.75. The molecule has 0 saturated carbocycles. The first-order chi connectivity index (χ1) is 12.8. The van der Waals surface area contributed by atoms with E-state index < -0.39 is 11.9 Å². The van der Waals surface area contributed by atoms with Crippen LogP contribution >= 0.6 is 0 Å². The van der Waals surface area contributed by atoms with E-state index in [1.54, 1.807) is 0 Å². The second kappa shape index (κ2) is 12.3. The van der Waals surface area contributed by atoms with Gasteiger partial charge in [-0.3, -0.25) is 0 Å². The van der Waals surface area contributed by atoms with Crippen molar-refractivity contribution in [3.05, 3.63) is 29.3 Å². The smallest absolute Gasteiger partial charge is 0.414 e. The van der Waals surface area contributed by atoms with E-state index in [1.165, 1.54) is 37.1 Å². The van der Waals surface area contributed by atoms with Crippen molar-refractivity contribution < 1.29 is 29.3 Å². The lowest BCUT2D eigenvalue weighted by atomic mass is 9.99. The number of aryl methyl sites for hydroxylation is 2. The molecule has 0 amide bonds. The number of benzene rings is 1. The lowest BCUT2D eigenvalue weighted by Crippen LogP contribution is -2.35. The molecule has 27 heavy (non-hydrogen) atoms. The van der Waals surface area contributed by atoms with E-state index in [0.29, 0.717) is 13.2 Å². The first kappa shape index (κ1) is 22.9. The van der Waals surface area contributed by atoms with E-state index in [1.807, 2.05) is 6.07 Å². The summed E-state index contributed by atoms with van der Waals surface area (Å²) in [6.07, 6.45) is 2.66. The van der Waals surface area contributed by atoms with Crippen molar-refractivity contribution in [2.24, 2.45) is 5.92 Å². The quantitative estimate of drug-likeness (QED) is 0.553. The Kier molecular flexibility index (Phi) is 10.4. The van der Waals surface area contributed by atoms with Crippen LogP contribution in [-0.2, 0) is 14.3 Å². The molecule has 0 bridgehead atoms. The number of aliphatic carboxylic acids is 2. The van der Waals surface area contributed by atoms with Crippen LogP contribution in [0.2, 0.25) is 0 Å². The van der Waals surface area contributed by atoms with Gasteiger partial charge in [0.2, 0.25) is 0 Å². The molecule has 1 fully saturated rings. The maximum absolute atomic E-state index is 9.10. The number of hydrogen-bond acceptors (Lipinski definition) is 5. The standard InChI is InChI=1S/C18H29NO2.C2H2O4/c1-15-6-8-19(9-7-15)10-11-20-12-13-21-18-5-4-16(2)14-17(18)3;3-1(4)2(5)6/h4-5,14-15H,6-13H2,1-3H3;(H,3,4)(H,5,6). The van der Waals surface area contributed by atoms with Gasteiger partial charge in [-0.1, -0.05) is 24.6 Å². The molecular weight excluding hydrogens is 350 g/mol. The lowest BCUT2D eigenvalue weighted by Gasteiger charge is -2.29. The summed E-state index contributed by atoms with van der Waals surface area (Å²) in [5.74, 6) is -1.78. The number of carboxylic acids is 2. The molecule has 0 unspecified atom stereocenters. The molecule has 0 atom stereocenters. The van der Waals surface area contributed by atoms with Crippen molar-refractivity contribution in [2.45, 2.75) is 33.6 Å². The van der Waals surface area contributed by atoms with Gasteiger partial charge in [0, 0.05) is 6.54 Å². The highest BCUT2D eigenvalue weighted by molar-refractivity contribution is 6.27. The molecule has 2 rings (SSSR count). The zero-order chi connectivity index (χ0) is 20.2. The van der Waals surface area contributed by atoms with Crippen LogP contribution in [0.25, 0.3) is 0 Å². The number of carbonyl (C=O) groups is 2. The summed E-state index contributed by atoms with van der Waals surface area (Å²) in [5.41, 5.74) is 2.46. The number of ether oxygens (including phenoxy) is 2. The Hall–Kier alpha value is -2.12. The minimum absolute atomic E-state index is 0.626.